The van der Waals surface area contributed by atoms with Crippen LogP contribution >= 0.6 is 95.6 Å². The molecule has 0 N–H and O–H groups in total. The molecule has 2 aliphatic carbocycles. The molecule has 0 spiro atoms. The SMILES string of the molecule is BrC1CC(Br)CC(CC2CC(Br)CC(Br)CC2Br)C(Br)C1. The van der Waals surface area contributed by atoms with Crippen LogP contribution in [0.2, 0.25) is 0 Å². The van der Waals surface area contributed by atoms with Gasteiger partial charge in [0.15, 0.2) is 0 Å². The molecule has 0 saturated heterocycles. The summed E-state index contributed by atoms with van der Waals surface area (Å²) in [7, 11) is 0. The van der Waals surface area contributed by atoms with Crippen molar-refractivity contribution < 1.29 is 0 Å². The summed E-state index contributed by atoms with van der Waals surface area (Å²) in [5, 5.41) is 0. The van der Waals surface area contributed by atoms with Gasteiger partial charge in [0, 0.05) is 29.0 Å². The third-order valence-corrected chi connectivity index (χ3v) is 9.96. The Morgan fingerprint density at radius 2 is 0.810 bits per heavy atom. The molecule has 0 aromatic carbocycles. The molecule has 0 nitrogen and oxygen atoms in total. The quantitative estimate of drug-likeness (QED) is 0.209. The molecule has 0 aromatic rings. The third-order valence-electron chi connectivity index (χ3n) is 4.73. The van der Waals surface area contributed by atoms with Crippen molar-refractivity contribution >= 4 is 95.6 Å². The summed E-state index contributed by atoms with van der Waals surface area (Å²) in [6.45, 7) is 0. The molecule has 21 heavy (non-hydrogen) atoms. The fourth-order valence-corrected chi connectivity index (χ4v) is 11.0. The first-order valence-electron chi connectivity index (χ1n) is 7.69. The summed E-state index contributed by atoms with van der Waals surface area (Å²) in [6, 6.07) is 0. The maximum atomic E-state index is 3.98. The van der Waals surface area contributed by atoms with Crippen molar-refractivity contribution in [1.82, 2.24) is 0 Å². The standard InChI is InChI=1S/C15H22Br6/c16-10-2-8(14(20)6-12(18)4-10)1-9-3-11(17)5-13(19)7-15(9)21/h8-15H,1-7H2. The molecule has 8 atom stereocenters. The molecule has 0 aromatic heterocycles. The molecule has 6 heteroatoms. The van der Waals surface area contributed by atoms with Crippen LogP contribution in [0.15, 0.2) is 0 Å². The van der Waals surface area contributed by atoms with Crippen molar-refractivity contribution in [3.05, 3.63) is 0 Å². The van der Waals surface area contributed by atoms with Crippen LogP contribution in [-0.4, -0.2) is 29.0 Å². The topological polar surface area (TPSA) is 0 Å². The number of alkyl halides is 6. The van der Waals surface area contributed by atoms with E-state index in [4.69, 9.17) is 0 Å². The Labute approximate surface area is 179 Å². The molecule has 0 bridgehead atoms. The zero-order valence-electron chi connectivity index (χ0n) is 11.8. The third kappa shape index (κ3) is 6.60. The molecule has 0 heterocycles. The summed E-state index contributed by atoms with van der Waals surface area (Å²) in [5.74, 6) is 1.54. The van der Waals surface area contributed by atoms with Crippen molar-refractivity contribution in [3.8, 4) is 0 Å². The van der Waals surface area contributed by atoms with Crippen LogP contribution in [0, 0.1) is 11.8 Å². The van der Waals surface area contributed by atoms with Gasteiger partial charge >= 0.3 is 0 Å². The van der Waals surface area contributed by atoms with Crippen LogP contribution in [0.1, 0.15) is 44.9 Å². The van der Waals surface area contributed by atoms with Gasteiger partial charge in [-0.3, -0.25) is 0 Å². The Morgan fingerprint density at radius 1 is 0.476 bits per heavy atom. The van der Waals surface area contributed by atoms with Gasteiger partial charge in [0.25, 0.3) is 0 Å². The lowest BCUT2D eigenvalue weighted by molar-refractivity contribution is 0.336. The number of hydrogen-bond acceptors (Lipinski definition) is 0. The van der Waals surface area contributed by atoms with Crippen LogP contribution in [0.4, 0.5) is 0 Å². The molecule has 2 saturated carbocycles. The van der Waals surface area contributed by atoms with Gasteiger partial charge in [0.1, 0.15) is 0 Å². The lowest BCUT2D eigenvalue weighted by atomic mass is 9.85. The fourth-order valence-electron chi connectivity index (χ4n) is 3.64. The van der Waals surface area contributed by atoms with Crippen LogP contribution in [0.5, 0.6) is 0 Å². The molecule has 124 valence electrons. The lowest BCUT2D eigenvalue weighted by Gasteiger charge is -2.29. The van der Waals surface area contributed by atoms with Crippen molar-refractivity contribution in [2.24, 2.45) is 11.8 Å². The highest BCUT2D eigenvalue weighted by Gasteiger charge is 2.35. The minimum Gasteiger partial charge on any atom is -0.0890 e. The molecule has 2 aliphatic rings. The monoisotopic (exact) mass is 676 g/mol. The second-order valence-electron chi connectivity index (χ2n) is 6.59. The van der Waals surface area contributed by atoms with E-state index >= 15 is 0 Å². The maximum absolute atomic E-state index is 3.98. The first-order valence-corrected chi connectivity index (χ1v) is 13.2. The van der Waals surface area contributed by atoms with E-state index < -0.39 is 0 Å². The van der Waals surface area contributed by atoms with E-state index in [1.807, 2.05) is 0 Å². The van der Waals surface area contributed by atoms with Crippen molar-refractivity contribution in [2.75, 3.05) is 0 Å². The van der Waals surface area contributed by atoms with Gasteiger partial charge in [0.2, 0.25) is 0 Å². The average molecular weight is 682 g/mol. The summed E-state index contributed by atoms with van der Waals surface area (Å²) < 4.78 is 0. The van der Waals surface area contributed by atoms with Crippen molar-refractivity contribution in [3.63, 3.8) is 0 Å². The molecule has 2 rings (SSSR count). The summed E-state index contributed by atoms with van der Waals surface area (Å²) >= 11 is 23.4. The Bertz CT molecular complexity index is 295. The van der Waals surface area contributed by atoms with Crippen LogP contribution < -0.4 is 0 Å². The van der Waals surface area contributed by atoms with E-state index in [1.54, 1.807) is 0 Å². The van der Waals surface area contributed by atoms with Gasteiger partial charge in [-0.1, -0.05) is 95.6 Å². The molecule has 2 fully saturated rings. The van der Waals surface area contributed by atoms with E-state index in [-0.39, 0.29) is 0 Å². The van der Waals surface area contributed by atoms with Crippen LogP contribution in [-0.2, 0) is 0 Å². The van der Waals surface area contributed by atoms with E-state index in [1.165, 1.54) is 44.9 Å². The molecule has 8 unspecified atom stereocenters. The highest BCUT2D eigenvalue weighted by molar-refractivity contribution is 9.11. The Hall–Kier alpha value is 2.88. The van der Waals surface area contributed by atoms with E-state index in [0.717, 1.165) is 11.8 Å². The highest BCUT2D eigenvalue weighted by Crippen LogP contribution is 2.43. The second-order valence-corrected chi connectivity index (χ2v) is 14.1. The fraction of sp³-hybridized carbons (Fsp3) is 1.00. The first-order chi connectivity index (χ1) is 9.85. The normalized spacial score (nSPS) is 49.4. The molecular formula is C15H22Br6. The van der Waals surface area contributed by atoms with E-state index in [0.29, 0.717) is 29.0 Å². The molecular weight excluding hydrogens is 660 g/mol. The minimum atomic E-state index is 0.640. The minimum absolute atomic E-state index is 0.640. The van der Waals surface area contributed by atoms with Crippen LogP contribution in [0.25, 0.3) is 0 Å². The summed E-state index contributed by atoms with van der Waals surface area (Å²) in [4.78, 5) is 3.86. The largest absolute Gasteiger partial charge is 0.0890 e. The van der Waals surface area contributed by atoms with Gasteiger partial charge in [0.05, 0.1) is 0 Å². The average Bonchev–Trinajstić information content (AvgIpc) is 2.53. The Morgan fingerprint density at radius 3 is 1.19 bits per heavy atom. The smallest absolute Gasteiger partial charge is 0.0185 e. The number of hydrogen-bond donors (Lipinski definition) is 0. The van der Waals surface area contributed by atoms with Crippen LogP contribution in [0.3, 0.4) is 0 Å². The zero-order valence-corrected chi connectivity index (χ0v) is 21.4. The number of halogens is 6. The van der Waals surface area contributed by atoms with Gasteiger partial charge in [-0.25, -0.2) is 0 Å². The van der Waals surface area contributed by atoms with Crippen molar-refractivity contribution in [1.29, 1.82) is 0 Å². The second kappa shape index (κ2) is 9.54. The molecule has 0 radical (unpaired) electrons. The zero-order chi connectivity index (χ0) is 15.6. The van der Waals surface area contributed by atoms with Gasteiger partial charge < -0.3 is 0 Å². The summed E-state index contributed by atoms with van der Waals surface area (Å²) in [5.41, 5.74) is 0. The van der Waals surface area contributed by atoms with Crippen molar-refractivity contribution in [2.45, 2.75) is 73.9 Å². The highest BCUT2D eigenvalue weighted by atomic mass is 79.9. The van der Waals surface area contributed by atoms with Gasteiger partial charge in [-0.05, 0) is 56.8 Å². The Kier molecular flexibility index (Phi) is 9.18. The predicted molar refractivity (Wildman–Crippen MR) is 116 cm³/mol. The van der Waals surface area contributed by atoms with E-state index in [9.17, 15) is 0 Å². The maximum Gasteiger partial charge on any atom is 0.0185 e. The predicted octanol–water partition coefficient (Wildman–Crippen LogP) is 7.56. The first kappa shape index (κ1) is 20.2. The van der Waals surface area contributed by atoms with E-state index in [2.05, 4.69) is 95.6 Å². The van der Waals surface area contributed by atoms with Gasteiger partial charge in [-0.2, -0.15) is 0 Å². The summed E-state index contributed by atoms with van der Waals surface area (Å²) in [6.07, 6.45) is 8.88. The number of rotatable bonds is 2. The Balaban J connectivity index is 2.00. The molecule has 0 aliphatic heterocycles. The molecule has 0 amide bonds. The lowest BCUT2D eigenvalue weighted by Crippen LogP contribution is -2.25. The van der Waals surface area contributed by atoms with Gasteiger partial charge in [-0.15, -0.1) is 0 Å².